The van der Waals surface area contributed by atoms with E-state index in [0.717, 1.165) is 5.82 Å². The van der Waals surface area contributed by atoms with Crippen molar-refractivity contribution in [2.45, 2.75) is 5.75 Å². The lowest BCUT2D eigenvalue weighted by Crippen LogP contribution is -2.49. The molecule has 28 heavy (non-hydrogen) atoms. The van der Waals surface area contributed by atoms with Crippen molar-refractivity contribution >= 4 is 27.4 Å². The van der Waals surface area contributed by atoms with Crippen LogP contribution in [0.25, 0.3) is 5.82 Å². The second-order valence-corrected chi connectivity index (χ2v) is 8.86. The first-order chi connectivity index (χ1) is 13.5. The average molecular weight is 419 g/mol. The minimum Gasteiger partial charge on any atom is -0.354 e. The Balaban J connectivity index is 1.42. The average Bonchev–Trinajstić information content (AvgIpc) is 3.23. The van der Waals surface area contributed by atoms with Crippen LogP contribution >= 0.6 is 11.6 Å². The zero-order chi connectivity index (χ0) is 19.6. The fraction of sp³-hybridized carbons (Fsp3) is 0.278. The lowest BCUT2D eigenvalue weighted by molar-refractivity contribution is 0.383. The predicted octanol–water partition coefficient (Wildman–Crippen LogP) is 1.97. The van der Waals surface area contributed by atoms with Crippen LogP contribution in [-0.2, 0) is 15.8 Å². The molecule has 2 aromatic heterocycles. The molecule has 0 unspecified atom stereocenters. The molecule has 0 spiro atoms. The maximum absolute atomic E-state index is 12.7. The number of hydrogen-bond donors (Lipinski definition) is 0. The molecule has 0 amide bonds. The van der Waals surface area contributed by atoms with Gasteiger partial charge in [-0.1, -0.05) is 23.7 Å². The highest BCUT2D eigenvalue weighted by Gasteiger charge is 2.27. The van der Waals surface area contributed by atoms with E-state index in [2.05, 4.69) is 20.0 Å². The van der Waals surface area contributed by atoms with Crippen LogP contribution < -0.4 is 4.90 Å². The topological polar surface area (TPSA) is 84.2 Å². The maximum atomic E-state index is 12.7. The number of anilines is 1. The maximum Gasteiger partial charge on any atom is 0.218 e. The van der Waals surface area contributed by atoms with E-state index in [1.165, 1.54) is 10.6 Å². The van der Waals surface area contributed by atoms with Crippen LogP contribution in [0.15, 0.2) is 55.1 Å². The second kappa shape index (κ2) is 7.86. The standard InChI is InChI=1S/C18H19ClN6O2S/c19-16-4-1-3-15(11-16)13-28(26,27)24-9-7-23(8-10-24)17-12-18(21-14-20-17)25-6-2-5-22-25/h1-6,11-12,14H,7-10,13H2. The molecule has 1 aliphatic rings. The van der Waals surface area contributed by atoms with Gasteiger partial charge < -0.3 is 4.90 Å². The minimum atomic E-state index is -3.40. The zero-order valence-corrected chi connectivity index (χ0v) is 16.6. The van der Waals surface area contributed by atoms with Crippen molar-refractivity contribution in [3.8, 4) is 5.82 Å². The quantitative estimate of drug-likeness (QED) is 0.629. The number of aromatic nitrogens is 4. The first-order valence-electron chi connectivity index (χ1n) is 8.80. The molecule has 0 radical (unpaired) electrons. The van der Waals surface area contributed by atoms with Gasteiger partial charge in [-0.05, 0) is 23.8 Å². The summed E-state index contributed by atoms with van der Waals surface area (Å²) in [5.41, 5.74) is 0.689. The van der Waals surface area contributed by atoms with E-state index in [1.54, 1.807) is 35.1 Å². The van der Waals surface area contributed by atoms with E-state index < -0.39 is 10.0 Å². The number of sulfonamides is 1. The third-order valence-corrected chi connectivity index (χ3v) is 6.66. The Morgan fingerprint density at radius 2 is 1.79 bits per heavy atom. The van der Waals surface area contributed by atoms with E-state index in [0.29, 0.717) is 42.6 Å². The first-order valence-corrected chi connectivity index (χ1v) is 10.8. The number of halogens is 1. The van der Waals surface area contributed by atoms with Crippen molar-refractivity contribution in [3.63, 3.8) is 0 Å². The summed E-state index contributed by atoms with van der Waals surface area (Å²) in [5, 5.41) is 4.71. The van der Waals surface area contributed by atoms with Crippen molar-refractivity contribution in [1.82, 2.24) is 24.1 Å². The Morgan fingerprint density at radius 1 is 1.00 bits per heavy atom. The van der Waals surface area contributed by atoms with E-state index >= 15 is 0 Å². The molecule has 0 saturated carbocycles. The smallest absolute Gasteiger partial charge is 0.218 e. The summed E-state index contributed by atoms with van der Waals surface area (Å²) in [6.45, 7) is 1.93. The molecule has 0 N–H and O–H groups in total. The number of nitrogens with zero attached hydrogens (tertiary/aromatic N) is 6. The van der Waals surface area contributed by atoms with Gasteiger partial charge in [-0.15, -0.1) is 0 Å². The van der Waals surface area contributed by atoms with Gasteiger partial charge in [-0.3, -0.25) is 0 Å². The van der Waals surface area contributed by atoms with Gasteiger partial charge in [0, 0.05) is 49.7 Å². The predicted molar refractivity (Wildman–Crippen MR) is 107 cm³/mol. The van der Waals surface area contributed by atoms with Crippen molar-refractivity contribution in [2.24, 2.45) is 0 Å². The van der Waals surface area contributed by atoms with Crippen molar-refractivity contribution < 1.29 is 8.42 Å². The Labute approximate surface area is 168 Å². The molecule has 1 aromatic carbocycles. The molecule has 3 aromatic rings. The largest absolute Gasteiger partial charge is 0.354 e. The molecule has 4 rings (SSSR count). The van der Waals surface area contributed by atoms with Crippen molar-refractivity contribution in [1.29, 1.82) is 0 Å². The summed E-state index contributed by atoms with van der Waals surface area (Å²) < 4.78 is 28.7. The van der Waals surface area contributed by atoms with Crippen LogP contribution in [0.1, 0.15) is 5.56 Å². The van der Waals surface area contributed by atoms with Crippen LogP contribution in [-0.4, -0.2) is 58.7 Å². The molecule has 1 aliphatic heterocycles. The van der Waals surface area contributed by atoms with Crippen LogP contribution in [0.3, 0.4) is 0 Å². The summed E-state index contributed by atoms with van der Waals surface area (Å²) >= 11 is 5.96. The number of benzene rings is 1. The van der Waals surface area contributed by atoms with Crippen molar-refractivity contribution in [2.75, 3.05) is 31.1 Å². The Kier molecular flexibility index (Phi) is 5.29. The molecule has 0 bridgehead atoms. The van der Waals surface area contributed by atoms with Crippen LogP contribution in [0.4, 0.5) is 5.82 Å². The summed E-state index contributed by atoms with van der Waals surface area (Å²) in [7, 11) is -3.40. The summed E-state index contributed by atoms with van der Waals surface area (Å²) in [6, 6.07) is 10.6. The number of piperazine rings is 1. The Bertz CT molecular complexity index is 1050. The molecular formula is C18H19ClN6O2S. The molecule has 1 saturated heterocycles. The van der Waals surface area contributed by atoms with Gasteiger partial charge in [0.05, 0.1) is 5.75 Å². The van der Waals surface area contributed by atoms with Gasteiger partial charge in [0.1, 0.15) is 12.1 Å². The lowest BCUT2D eigenvalue weighted by Gasteiger charge is -2.34. The van der Waals surface area contributed by atoms with Gasteiger partial charge >= 0.3 is 0 Å². The molecule has 146 valence electrons. The van der Waals surface area contributed by atoms with Crippen LogP contribution in [0.5, 0.6) is 0 Å². The highest BCUT2D eigenvalue weighted by molar-refractivity contribution is 7.88. The molecule has 3 heterocycles. The number of hydrogen-bond acceptors (Lipinski definition) is 6. The fourth-order valence-electron chi connectivity index (χ4n) is 3.16. The fourth-order valence-corrected chi connectivity index (χ4v) is 4.88. The van der Waals surface area contributed by atoms with Crippen LogP contribution in [0, 0.1) is 0 Å². The Morgan fingerprint density at radius 3 is 2.50 bits per heavy atom. The second-order valence-electron chi connectivity index (χ2n) is 6.46. The van der Waals surface area contributed by atoms with Gasteiger partial charge in [-0.25, -0.2) is 23.1 Å². The summed E-state index contributed by atoms with van der Waals surface area (Å²) in [6.07, 6.45) is 4.99. The van der Waals surface area contributed by atoms with Crippen LogP contribution in [0.2, 0.25) is 5.02 Å². The molecule has 8 nitrogen and oxygen atoms in total. The van der Waals surface area contributed by atoms with Gasteiger partial charge in [0.15, 0.2) is 5.82 Å². The molecule has 10 heteroatoms. The third-order valence-electron chi connectivity index (χ3n) is 4.57. The van der Waals surface area contributed by atoms with E-state index in [4.69, 9.17) is 11.6 Å². The van der Waals surface area contributed by atoms with E-state index in [-0.39, 0.29) is 5.75 Å². The van der Waals surface area contributed by atoms with Gasteiger partial charge in [0.2, 0.25) is 10.0 Å². The molecular weight excluding hydrogens is 400 g/mol. The zero-order valence-electron chi connectivity index (χ0n) is 15.0. The Hall–Kier alpha value is -2.49. The third kappa shape index (κ3) is 4.16. The molecule has 0 atom stereocenters. The normalized spacial score (nSPS) is 15.7. The van der Waals surface area contributed by atoms with E-state index in [1.807, 2.05) is 18.3 Å². The minimum absolute atomic E-state index is 0.0511. The highest BCUT2D eigenvalue weighted by atomic mass is 35.5. The summed E-state index contributed by atoms with van der Waals surface area (Å²) in [5.74, 6) is 1.38. The van der Waals surface area contributed by atoms with Gasteiger partial charge in [0.25, 0.3) is 0 Å². The van der Waals surface area contributed by atoms with E-state index in [9.17, 15) is 8.42 Å². The lowest BCUT2D eigenvalue weighted by atomic mass is 10.2. The number of rotatable bonds is 5. The van der Waals surface area contributed by atoms with Crippen molar-refractivity contribution in [3.05, 3.63) is 65.7 Å². The molecule has 0 aliphatic carbocycles. The summed E-state index contributed by atoms with van der Waals surface area (Å²) in [4.78, 5) is 10.6. The highest BCUT2D eigenvalue weighted by Crippen LogP contribution is 2.20. The monoisotopic (exact) mass is 418 g/mol. The SMILES string of the molecule is O=S(=O)(Cc1cccc(Cl)c1)N1CCN(c2cc(-n3cccn3)ncn2)CC1. The molecule has 1 fully saturated rings. The van der Waals surface area contributed by atoms with Gasteiger partial charge in [-0.2, -0.15) is 9.40 Å². The first kappa shape index (κ1) is 18.9.